The number of sulfone groups is 1. The number of aromatic nitrogens is 3. The highest BCUT2D eigenvalue weighted by atomic mass is 32.2. The monoisotopic (exact) mass is 345 g/mol. The van der Waals surface area contributed by atoms with E-state index in [2.05, 4.69) is 10.1 Å². The Kier molecular flexibility index (Phi) is 3.70. The van der Waals surface area contributed by atoms with Gasteiger partial charge in [0, 0.05) is 5.56 Å². The number of nitrogens with zero attached hydrogens (tertiary/aromatic N) is 3. The van der Waals surface area contributed by atoms with Crippen LogP contribution in [0.1, 0.15) is 23.9 Å². The summed E-state index contributed by atoms with van der Waals surface area (Å²) in [7, 11) is -3.18. The van der Waals surface area contributed by atoms with E-state index in [9.17, 15) is 21.6 Å². The maximum atomic E-state index is 13.2. The fourth-order valence-corrected chi connectivity index (χ4v) is 4.45. The summed E-state index contributed by atoms with van der Waals surface area (Å²) in [6, 6.07) is 4.61. The minimum atomic E-state index is -4.52. The van der Waals surface area contributed by atoms with Gasteiger partial charge in [0.15, 0.2) is 15.7 Å². The molecule has 124 valence electrons. The van der Waals surface area contributed by atoms with Crippen molar-refractivity contribution >= 4 is 9.84 Å². The lowest BCUT2D eigenvalue weighted by Crippen LogP contribution is -2.15. The van der Waals surface area contributed by atoms with Crippen molar-refractivity contribution in [1.29, 1.82) is 0 Å². The molecule has 9 heteroatoms. The molecule has 1 aliphatic rings. The van der Waals surface area contributed by atoms with Crippen LogP contribution in [0.5, 0.6) is 0 Å². The summed E-state index contributed by atoms with van der Waals surface area (Å²) >= 11 is 0. The Morgan fingerprint density at radius 1 is 1.26 bits per heavy atom. The van der Waals surface area contributed by atoms with Gasteiger partial charge < -0.3 is 0 Å². The fourth-order valence-electron chi connectivity index (χ4n) is 2.76. The molecule has 0 spiro atoms. The summed E-state index contributed by atoms with van der Waals surface area (Å²) in [5, 5.41) is 4.13. The molecule has 0 bridgehead atoms. The highest BCUT2D eigenvalue weighted by Crippen LogP contribution is 2.37. The normalized spacial score (nSPS) is 20.8. The molecule has 5 nitrogen and oxygen atoms in total. The number of benzene rings is 1. The Morgan fingerprint density at radius 2 is 1.96 bits per heavy atom. The van der Waals surface area contributed by atoms with Crippen LogP contribution in [-0.2, 0) is 16.0 Å². The first kappa shape index (κ1) is 16.0. The fraction of sp³-hybridized carbons (Fsp3) is 0.429. The third-order valence-corrected chi connectivity index (χ3v) is 5.52. The molecule has 0 amide bonds. The second kappa shape index (κ2) is 5.33. The van der Waals surface area contributed by atoms with Crippen molar-refractivity contribution in [2.75, 3.05) is 11.5 Å². The molecule has 2 heterocycles. The van der Waals surface area contributed by atoms with Crippen LogP contribution in [-0.4, -0.2) is 34.7 Å². The Bertz CT molecular complexity index is 843. The molecular formula is C14H14F3N3O2S. The third-order valence-electron chi connectivity index (χ3n) is 3.76. The molecule has 23 heavy (non-hydrogen) atoms. The second-order valence-corrected chi connectivity index (χ2v) is 7.76. The lowest BCUT2D eigenvalue weighted by Gasteiger charge is -2.15. The molecule has 0 aliphatic carbocycles. The second-order valence-electron chi connectivity index (χ2n) is 5.53. The van der Waals surface area contributed by atoms with Gasteiger partial charge in [-0.25, -0.2) is 18.1 Å². The highest BCUT2D eigenvalue weighted by molar-refractivity contribution is 7.91. The van der Waals surface area contributed by atoms with Crippen LogP contribution < -0.4 is 0 Å². The molecule has 1 aromatic carbocycles. The molecule has 0 N–H and O–H groups in total. The van der Waals surface area contributed by atoms with Crippen LogP contribution in [0.4, 0.5) is 13.2 Å². The van der Waals surface area contributed by atoms with Gasteiger partial charge in [0.1, 0.15) is 5.82 Å². The van der Waals surface area contributed by atoms with Crippen LogP contribution in [0.25, 0.3) is 11.4 Å². The lowest BCUT2D eigenvalue weighted by molar-refractivity contribution is -0.137. The van der Waals surface area contributed by atoms with Crippen LogP contribution >= 0.6 is 0 Å². The van der Waals surface area contributed by atoms with Crippen LogP contribution in [0.15, 0.2) is 24.3 Å². The van der Waals surface area contributed by atoms with Gasteiger partial charge in [0.05, 0.1) is 23.1 Å². The zero-order valence-corrected chi connectivity index (χ0v) is 13.0. The minimum absolute atomic E-state index is 0.0108. The predicted octanol–water partition coefficient (Wildman–Crippen LogP) is 2.63. The van der Waals surface area contributed by atoms with E-state index < -0.39 is 27.6 Å². The number of aryl methyl sites for hydroxylation is 1. The summed E-state index contributed by atoms with van der Waals surface area (Å²) < 4.78 is 64.3. The molecule has 0 unspecified atom stereocenters. The van der Waals surface area contributed by atoms with E-state index in [4.69, 9.17) is 0 Å². The van der Waals surface area contributed by atoms with E-state index in [1.165, 1.54) is 22.9 Å². The van der Waals surface area contributed by atoms with E-state index in [1.807, 2.05) is 0 Å². The molecule has 0 saturated carbocycles. The van der Waals surface area contributed by atoms with Crippen LogP contribution in [0.2, 0.25) is 0 Å². The smallest absolute Gasteiger partial charge is 0.241 e. The van der Waals surface area contributed by atoms with Gasteiger partial charge in [-0.1, -0.05) is 18.2 Å². The van der Waals surface area contributed by atoms with Crippen molar-refractivity contribution in [2.45, 2.75) is 25.6 Å². The van der Waals surface area contributed by atoms with E-state index in [0.29, 0.717) is 12.2 Å². The van der Waals surface area contributed by atoms with Crippen molar-refractivity contribution in [3.8, 4) is 11.4 Å². The summed E-state index contributed by atoms with van der Waals surface area (Å²) in [5.41, 5.74) is -0.903. The van der Waals surface area contributed by atoms with Crippen molar-refractivity contribution in [3.63, 3.8) is 0 Å². The molecule has 1 fully saturated rings. The maximum Gasteiger partial charge on any atom is 0.417 e. The zero-order valence-electron chi connectivity index (χ0n) is 12.2. The first-order valence-corrected chi connectivity index (χ1v) is 8.80. The van der Waals surface area contributed by atoms with Gasteiger partial charge >= 0.3 is 6.18 Å². The number of rotatable bonds is 2. The van der Waals surface area contributed by atoms with Gasteiger partial charge in [-0.3, -0.25) is 0 Å². The van der Waals surface area contributed by atoms with Gasteiger partial charge in [-0.2, -0.15) is 18.3 Å². The number of hydrogen-bond donors (Lipinski definition) is 0. The summed E-state index contributed by atoms with van der Waals surface area (Å²) in [6.07, 6.45) is -4.20. The molecule has 3 rings (SSSR count). The van der Waals surface area contributed by atoms with E-state index in [0.717, 1.165) is 6.07 Å². The summed E-state index contributed by atoms with van der Waals surface area (Å²) in [5.74, 6) is 0.243. The van der Waals surface area contributed by atoms with Gasteiger partial charge in [0.2, 0.25) is 0 Å². The molecule has 0 radical (unpaired) electrons. The highest BCUT2D eigenvalue weighted by Gasteiger charge is 2.37. The van der Waals surface area contributed by atoms with Crippen molar-refractivity contribution in [3.05, 3.63) is 35.7 Å². The molecule has 1 saturated heterocycles. The van der Waals surface area contributed by atoms with Gasteiger partial charge in [-0.05, 0) is 19.4 Å². The maximum absolute atomic E-state index is 13.2. The van der Waals surface area contributed by atoms with E-state index in [1.54, 1.807) is 6.92 Å². The molecular weight excluding hydrogens is 331 g/mol. The molecule has 1 aliphatic heterocycles. The number of halogens is 3. The predicted molar refractivity (Wildman–Crippen MR) is 77.5 cm³/mol. The zero-order chi connectivity index (χ0) is 16.8. The minimum Gasteiger partial charge on any atom is -0.241 e. The number of hydrogen-bond acceptors (Lipinski definition) is 4. The Balaban J connectivity index is 2.13. The Morgan fingerprint density at radius 3 is 2.57 bits per heavy atom. The van der Waals surface area contributed by atoms with Crippen molar-refractivity contribution in [2.24, 2.45) is 0 Å². The quantitative estimate of drug-likeness (QED) is 0.839. The SMILES string of the molecule is Cc1nc(-c2ccccc2C(F)(F)F)n([C@H]2CCS(=O)(=O)C2)n1. The Labute approximate surface area is 131 Å². The largest absolute Gasteiger partial charge is 0.417 e. The molecule has 1 aromatic heterocycles. The van der Waals surface area contributed by atoms with Crippen molar-refractivity contribution in [1.82, 2.24) is 14.8 Å². The first-order chi connectivity index (χ1) is 10.7. The van der Waals surface area contributed by atoms with Crippen LogP contribution in [0.3, 0.4) is 0 Å². The molecule has 1 atom stereocenters. The van der Waals surface area contributed by atoms with Crippen molar-refractivity contribution < 1.29 is 21.6 Å². The third kappa shape index (κ3) is 3.10. The average molecular weight is 345 g/mol. The summed E-state index contributed by atoms with van der Waals surface area (Å²) in [6.45, 7) is 1.57. The van der Waals surface area contributed by atoms with Gasteiger partial charge in [-0.15, -0.1) is 0 Å². The van der Waals surface area contributed by atoms with E-state index >= 15 is 0 Å². The topological polar surface area (TPSA) is 64.8 Å². The Hall–Kier alpha value is -1.90. The standard InChI is InChI=1S/C14H14F3N3O2S/c1-9-18-13(11-4-2-3-5-12(11)14(15,16)17)20(19-9)10-6-7-23(21,22)8-10/h2-5,10H,6-8H2,1H3/t10-/m0/s1. The first-order valence-electron chi connectivity index (χ1n) is 6.97. The lowest BCUT2D eigenvalue weighted by atomic mass is 10.1. The average Bonchev–Trinajstić information content (AvgIpc) is 3.00. The van der Waals surface area contributed by atoms with Crippen LogP contribution in [0, 0.1) is 6.92 Å². The summed E-state index contributed by atoms with van der Waals surface area (Å²) in [4.78, 5) is 4.10. The van der Waals surface area contributed by atoms with E-state index in [-0.39, 0.29) is 22.9 Å². The molecule has 2 aromatic rings. The van der Waals surface area contributed by atoms with Gasteiger partial charge in [0.25, 0.3) is 0 Å². The number of alkyl halides is 3.